The number of rotatable bonds is 5. The molecule has 2 rings (SSSR count). The van der Waals surface area contributed by atoms with Crippen LogP contribution < -0.4 is 5.32 Å². The summed E-state index contributed by atoms with van der Waals surface area (Å²) in [6, 6.07) is 1.95. The van der Waals surface area contributed by atoms with E-state index in [1.807, 2.05) is 31.5 Å². The van der Waals surface area contributed by atoms with Crippen LogP contribution in [-0.2, 0) is 6.54 Å². The van der Waals surface area contributed by atoms with Crippen molar-refractivity contribution in [2.45, 2.75) is 40.7 Å². The number of hydrogen-bond donors (Lipinski definition) is 1. The molecule has 0 amide bonds. The predicted octanol–water partition coefficient (Wildman–Crippen LogP) is 3.12. The Morgan fingerprint density at radius 2 is 2.00 bits per heavy atom. The highest BCUT2D eigenvalue weighted by atomic mass is 35.5. The minimum atomic E-state index is 0.530. The maximum absolute atomic E-state index is 6.16. The summed E-state index contributed by atoms with van der Waals surface area (Å²) < 4.78 is 1.84. The summed E-state index contributed by atoms with van der Waals surface area (Å²) in [5, 5.41) is 8.41. The van der Waals surface area contributed by atoms with Crippen LogP contribution in [0.25, 0.3) is 0 Å². The molecule has 2 aromatic heterocycles. The zero-order valence-electron chi connectivity index (χ0n) is 12.4. The Morgan fingerprint density at radius 3 is 2.60 bits per heavy atom. The van der Waals surface area contributed by atoms with Gasteiger partial charge < -0.3 is 5.32 Å². The molecule has 0 atom stereocenters. The molecule has 1 N–H and O–H groups in total. The molecule has 2 aromatic rings. The fourth-order valence-corrected chi connectivity index (χ4v) is 2.14. The molecule has 2 heterocycles. The average Bonchev–Trinajstić information content (AvgIpc) is 2.63. The van der Waals surface area contributed by atoms with Gasteiger partial charge in [0.05, 0.1) is 16.4 Å². The third kappa shape index (κ3) is 3.28. The first-order valence-electron chi connectivity index (χ1n) is 6.79. The SMILES string of the molecule is CCCNc1cc(C)nc(Cn2nc(C)c(Cl)c2C)n1. The van der Waals surface area contributed by atoms with Gasteiger partial charge in [-0.3, -0.25) is 4.68 Å². The van der Waals surface area contributed by atoms with Crippen molar-refractivity contribution in [3.05, 3.63) is 34.0 Å². The quantitative estimate of drug-likeness (QED) is 0.920. The van der Waals surface area contributed by atoms with Gasteiger partial charge in [0.2, 0.25) is 0 Å². The largest absolute Gasteiger partial charge is 0.370 e. The van der Waals surface area contributed by atoms with Crippen LogP contribution in [-0.4, -0.2) is 26.3 Å². The zero-order chi connectivity index (χ0) is 14.7. The smallest absolute Gasteiger partial charge is 0.152 e. The molecular weight excluding hydrogens is 274 g/mol. The van der Waals surface area contributed by atoms with E-state index in [0.717, 1.165) is 41.7 Å². The van der Waals surface area contributed by atoms with Crippen molar-refractivity contribution in [3.8, 4) is 0 Å². The van der Waals surface area contributed by atoms with Gasteiger partial charge in [0, 0.05) is 18.3 Å². The van der Waals surface area contributed by atoms with Crippen LogP contribution in [0.15, 0.2) is 6.07 Å². The second kappa shape index (κ2) is 6.22. The van der Waals surface area contributed by atoms with E-state index in [2.05, 4.69) is 27.3 Å². The van der Waals surface area contributed by atoms with Gasteiger partial charge in [0.1, 0.15) is 12.4 Å². The number of halogens is 1. The molecule has 5 nitrogen and oxygen atoms in total. The first kappa shape index (κ1) is 14.8. The Morgan fingerprint density at radius 1 is 1.25 bits per heavy atom. The second-order valence-electron chi connectivity index (χ2n) is 4.88. The highest BCUT2D eigenvalue weighted by molar-refractivity contribution is 6.31. The van der Waals surface area contributed by atoms with E-state index in [4.69, 9.17) is 11.6 Å². The summed E-state index contributed by atoms with van der Waals surface area (Å²) in [5.74, 6) is 1.60. The van der Waals surface area contributed by atoms with E-state index in [1.165, 1.54) is 0 Å². The van der Waals surface area contributed by atoms with Crippen LogP contribution in [0.5, 0.6) is 0 Å². The minimum absolute atomic E-state index is 0.530. The molecule has 0 aliphatic rings. The Kier molecular flexibility index (Phi) is 4.60. The van der Waals surface area contributed by atoms with Gasteiger partial charge in [0.25, 0.3) is 0 Å². The van der Waals surface area contributed by atoms with E-state index >= 15 is 0 Å². The minimum Gasteiger partial charge on any atom is -0.370 e. The molecule has 0 saturated heterocycles. The average molecular weight is 294 g/mol. The van der Waals surface area contributed by atoms with E-state index in [-0.39, 0.29) is 0 Å². The monoisotopic (exact) mass is 293 g/mol. The molecule has 0 bridgehead atoms. The van der Waals surface area contributed by atoms with Crippen LogP contribution >= 0.6 is 11.6 Å². The Bertz CT molecular complexity index is 606. The Labute approximate surface area is 124 Å². The van der Waals surface area contributed by atoms with Crippen LogP contribution in [0.2, 0.25) is 5.02 Å². The highest BCUT2D eigenvalue weighted by Gasteiger charge is 2.11. The molecule has 0 aliphatic carbocycles. The van der Waals surface area contributed by atoms with Gasteiger partial charge >= 0.3 is 0 Å². The first-order valence-corrected chi connectivity index (χ1v) is 7.17. The molecule has 6 heteroatoms. The third-order valence-electron chi connectivity index (χ3n) is 3.04. The number of anilines is 1. The summed E-state index contributed by atoms with van der Waals surface area (Å²) in [4.78, 5) is 8.98. The summed E-state index contributed by atoms with van der Waals surface area (Å²) >= 11 is 6.16. The van der Waals surface area contributed by atoms with E-state index < -0.39 is 0 Å². The second-order valence-corrected chi connectivity index (χ2v) is 5.26. The van der Waals surface area contributed by atoms with Crippen LogP contribution in [0.4, 0.5) is 5.82 Å². The number of hydrogen-bond acceptors (Lipinski definition) is 4. The van der Waals surface area contributed by atoms with Crippen molar-refractivity contribution in [1.29, 1.82) is 0 Å². The van der Waals surface area contributed by atoms with Crippen LogP contribution in [0.3, 0.4) is 0 Å². The lowest BCUT2D eigenvalue weighted by atomic mass is 10.3. The molecule has 0 radical (unpaired) electrons. The normalized spacial score (nSPS) is 10.8. The van der Waals surface area contributed by atoms with Crippen molar-refractivity contribution in [2.75, 3.05) is 11.9 Å². The number of nitrogens with zero attached hydrogens (tertiary/aromatic N) is 4. The summed E-state index contributed by atoms with van der Waals surface area (Å²) in [7, 11) is 0. The highest BCUT2D eigenvalue weighted by Crippen LogP contribution is 2.19. The molecule has 0 saturated carbocycles. The van der Waals surface area contributed by atoms with Gasteiger partial charge in [-0.2, -0.15) is 5.10 Å². The molecular formula is C14H20ClN5. The summed E-state index contributed by atoms with van der Waals surface area (Å²) in [6.45, 7) is 9.38. The maximum atomic E-state index is 6.16. The topological polar surface area (TPSA) is 55.6 Å². The Balaban J connectivity index is 2.24. The molecule has 108 valence electrons. The third-order valence-corrected chi connectivity index (χ3v) is 3.59. The molecule has 0 aromatic carbocycles. The zero-order valence-corrected chi connectivity index (χ0v) is 13.1. The standard InChI is InChI=1S/C14H20ClN5/c1-5-6-16-12-7-9(2)17-13(18-12)8-20-11(4)14(15)10(3)19-20/h7H,5-6,8H2,1-4H3,(H,16,17,18). The van der Waals surface area contributed by atoms with Crippen molar-refractivity contribution >= 4 is 17.4 Å². The van der Waals surface area contributed by atoms with Gasteiger partial charge in [-0.1, -0.05) is 18.5 Å². The van der Waals surface area contributed by atoms with Crippen LogP contribution in [0, 0.1) is 20.8 Å². The molecule has 0 unspecified atom stereocenters. The number of aromatic nitrogens is 4. The van der Waals surface area contributed by atoms with Crippen molar-refractivity contribution in [1.82, 2.24) is 19.7 Å². The lowest BCUT2D eigenvalue weighted by Crippen LogP contribution is -2.11. The van der Waals surface area contributed by atoms with Gasteiger partial charge in [-0.15, -0.1) is 0 Å². The fourth-order valence-electron chi connectivity index (χ4n) is 2.01. The van der Waals surface area contributed by atoms with Crippen molar-refractivity contribution in [2.24, 2.45) is 0 Å². The molecule has 0 fully saturated rings. The summed E-state index contributed by atoms with van der Waals surface area (Å²) in [6.07, 6.45) is 1.06. The lowest BCUT2D eigenvalue weighted by molar-refractivity contribution is 0.630. The number of nitrogens with one attached hydrogen (secondary N) is 1. The van der Waals surface area contributed by atoms with E-state index in [0.29, 0.717) is 11.6 Å². The number of aryl methyl sites for hydroxylation is 2. The summed E-state index contributed by atoms with van der Waals surface area (Å²) in [5.41, 5.74) is 2.72. The van der Waals surface area contributed by atoms with E-state index in [1.54, 1.807) is 0 Å². The maximum Gasteiger partial charge on any atom is 0.152 e. The van der Waals surface area contributed by atoms with Crippen LogP contribution in [0.1, 0.15) is 36.3 Å². The predicted molar refractivity (Wildman–Crippen MR) is 81.4 cm³/mol. The van der Waals surface area contributed by atoms with Gasteiger partial charge in [0.15, 0.2) is 5.82 Å². The first-order chi connectivity index (χ1) is 9.51. The molecule has 20 heavy (non-hydrogen) atoms. The molecule has 0 spiro atoms. The van der Waals surface area contributed by atoms with Crippen molar-refractivity contribution in [3.63, 3.8) is 0 Å². The van der Waals surface area contributed by atoms with E-state index in [9.17, 15) is 0 Å². The van der Waals surface area contributed by atoms with Gasteiger partial charge in [-0.05, 0) is 27.2 Å². The molecule has 0 aliphatic heterocycles. The lowest BCUT2D eigenvalue weighted by Gasteiger charge is -2.08. The fraction of sp³-hybridized carbons (Fsp3) is 0.500. The van der Waals surface area contributed by atoms with Gasteiger partial charge in [-0.25, -0.2) is 9.97 Å². The van der Waals surface area contributed by atoms with Crippen molar-refractivity contribution < 1.29 is 0 Å². The Hall–Kier alpha value is -1.62.